The van der Waals surface area contributed by atoms with Crippen molar-refractivity contribution in [2.24, 2.45) is 0 Å². The van der Waals surface area contributed by atoms with Crippen molar-refractivity contribution >= 4 is 22.0 Å². The molecule has 110 valence electrons. The average Bonchev–Trinajstić information content (AvgIpc) is 3.00. The van der Waals surface area contributed by atoms with Gasteiger partial charge in [-0.15, -0.1) is 0 Å². The van der Waals surface area contributed by atoms with Crippen LogP contribution in [0.1, 0.15) is 24.1 Å². The van der Waals surface area contributed by atoms with Gasteiger partial charge in [0.15, 0.2) is 0 Å². The number of nitrogens with zero attached hydrogens (tertiary/aromatic N) is 1. The molecule has 0 saturated carbocycles. The second kappa shape index (κ2) is 5.98. The van der Waals surface area contributed by atoms with Crippen LogP contribution in [0.25, 0.3) is 22.0 Å². The summed E-state index contributed by atoms with van der Waals surface area (Å²) in [7, 11) is 0. The van der Waals surface area contributed by atoms with Gasteiger partial charge >= 0.3 is 0 Å². The van der Waals surface area contributed by atoms with E-state index in [9.17, 15) is 4.39 Å². The number of halogens is 1. The highest BCUT2D eigenvalue weighted by Gasteiger charge is 2.08. The van der Waals surface area contributed by atoms with Gasteiger partial charge in [-0.2, -0.15) is 0 Å². The SMILES string of the molecule is C=C(CCC(=C)c1ncccc1F)c1ccc2[nH]ccc2c1. The fourth-order valence-electron chi connectivity index (χ4n) is 2.48. The molecule has 3 heteroatoms. The van der Waals surface area contributed by atoms with Crippen molar-refractivity contribution in [2.45, 2.75) is 12.8 Å². The Balaban J connectivity index is 1.69. The van der Waals surface area contributed by atoms with E-state index >= 15 is 0 Å². The van der Waals surface area contributed by atoms with Gasteiger partial charge in [0.2, 0.25) is 0 Å². The van der Waals surface area contributed by atoms with Gasteiger partial charge in [-0.05, 0) is 65.3 Å². The molecule has 2 heterocycles. The first-order valence-corrected chi connectivity index (χ1v) is 7.19. The number of allylic oxidation sites excluding steroid dienone is 2. The zero-order valence-electron chi connectivity index (χ0n) is 12.3. The predicted octanol–water partition coefficient (Wildman–Crippen LogP) is 5.21. The summed E-state index contributed by atoms with van der Waals surface area (Å²) in [5, 5.41) is 1.16. The Kier molecular flexibility index (Phi) is 3.88. The fraction of sp³-hybridized carbons (Fsp3) is 0.105. The summed E-state index contributed by atoms with van der Waals surface area (Å²) in [6, 6.07) is 11.2. The van der Waals surface area contributed by atoms with Crippen molar-refractivity contribution in [3.8, 4) is 0 Å². The Hall–Kier alpha value is -2.68. The quantitative estimate of drug-likeness (QED) is 0.687. The summed E-state index contributed by atoms with van der Waals surface area (Å²) >= 11 is 0. The summed E-state index contributed by atoms with van der Waals surface area (Å²) in [6.07, 6.45) is 4.86. The average molecular weight is 292 g/mol. The third kappa shape index (κ3) is 2.84. The maximum Gasteiger partial charge on any atom is 0.149 e. The van der Waals surface area contributed by atoms with Crippen molar-refractivity contribution in [1.29, 1.82) is 0 Å². The Morgan fingerprint density at radius 2 is 1.91 bits per heavy atom. The number of hydrogen-bond donors (Lipinski definition) is 1. The molecule has 1 N–H and O–H groups in total. The van der Waals surface area contributed by atoms with E-state index in [1.54, 1.807) is 12.3 Å². The van der Waals surface area contributed by atoms with Crippen LogP contribution in [0.2, 0.25) is 0 Å². The molecule has 0 unspecified atom stereocenters. The van der Waals surface area contributed by atoms with E-state index in [4.69, 9.17) is 0 Å². The standard InChI is InChI=1S/C19H17FN2/c1-13(15-7-8-18-16(12-15)9-11-21-18)5-6-14(2)19-17(20)4-3-10-22-19/h3-4,7-12,21H,1-2,5-6H2. The highest BCUT2D eigenvalue weighted by molar-refractivity contribution is 5.83. The van der Waals surface area contributed by atoms with E-state index in [0.717, 1.165) is 28.5 Å². The Labute approximate surface area is 129 Å². The van der Waals surface area contributed by atoms with Crippen LogP contribution in [0.15, 0.2) is 61.9 Å². The van der Waals surface area contributed by atoms with Gasteiger partial charge in [-0.25, -0.2) is 4.39 Å². The minimum Gasteiger partial charge on any atom is -0.361 e. The smallest absolute Gasteiger partial charge is 0.149 e. The second-order valence-corrected chi connectivity index (χ2v) is 5.32. The summed E-state index contributed by atoms with van der Waals surface area (Å²) < 4.78 is 13.7. The number of fused-ring (bicyclic) bond motifs is 1. The van der Waals surface area contributed by atoms with Crippen LogP contribution in [-0.4, -0.2) is 9.97 Å². The van der Waals surface area contributed by atoms with Crippen molar-refractivity contribution < 1.29 is 4.39 Å². The Morgan fingerprint density at radius 3 is 2.73 bits per heavy atom. The molecule has 0 aliphatic rings. The number of nitrogens with one attached hydrogen (secondary N) is 1. The van der Waals surface area contributed by atoms with Gasteiger partial charge in [0.25, 0.3) is 0 Å². The van der Waals surface area contributed by atoms with Crippen molar-refractivity contribution in [3.05, 3.63) is 79.0 Å². The predicted molar refractivity (Wildman–Crippen MR) is 89.8 cm³/mol. The van der Waals surface area contributed by atoms with Gasteiger partial charge < -0.3 is 4.98 Å². The minimum atomic E-state index is -0.327. The number of pyridine rings is 1. The molecule has 0 spiro atoms. The van der Waals surface area contributed by atoms with Crippen LogP contribution in [0.3, 0.4) is 0 Å². The molecule has 2 nitrogen and oxygen atoms in total. The topological polar surface area (TPSA) is 28.7 Å². The molecule has 0 radical (unpaired) electrons. The van der Waals surface area contributed by atoms with Crippen LogP contribution in [0, 0.1) is 5.82 Å². The van der Waals surface area contributed by atoms with Crippen molar-refractivity contribution in [3.63, 3.8) is 0 Å². The van der Waals surface area contributed by atoms with Gasteiger partial charge in [-0.1, -0.05) is 19.2 Å². The molecule has 0 saturated heterocycles. The summed E-state index contributed by atoms with van der Waals surface area (Å²) in [4.78, 5) is 7.22. The number of hydrogen-bond acceptors (Lipinski definition) is 1. The lowest BCUT2D eigenvalue weighted by molar-refractivity contribution is 0.615. The maximum absolute atomic E-state index is 13.7. The molecule has 0 atom stereocenters. The fourth-order valence-corrected chi connectivity index (χ4v) is 2.48. The number of aromatic nitrogens is 2. The largest absolute Gasteiger partial charge is 0.361 e. The van der Waals surface area contributed by atoms with Crippen molar-refractivity contribution in [1.82, 2.24) is 9.97 Å². The van der Waals surface area contributed by atoms with Crippen LogP contribution in [-0.2, 0) is 0 Å². The van der Waals surface area contributed by atoms with Crippen LogP contribution in [0.4, 0.5) is 4.39 Å². The summed E-state index contributed by atoms with van der Waals surface area (Å²) in [6.45, 7) is 8.08. The lowest BCUT2D eigenvalue weighted by Gasteiger charge is -2.09. The highest BCUT2D eigenvalue weighted by atomic mass is 19.1. The second-order valence-electron chi connectivity index (χ2n) is 5.32. The molecular weight excluding hydrogens is 275 g/mol. The zero-order chi connectivity index (χ0) is 15.5. The molecule has 3 rings (SSSR count). The van der Waals surface area contributed by atoms with Gasteiger partial charge in [0, 0.05) is 17.9 Å². The molecule has 22 heavy (non-hydrogen) atoms. The van der Waals surface area contributed by atoms with Crippen molar-refractivity contribution in [2.75, 3.05) is 0 Å². The number of benzene rings is 1. The van der Waals surface area contributed by atoms with E-state index in [2.05, 4.69) is 29.2 Å². The highest BCUT2D eigenvalue weighted by Crippen LogP contribution is 2.26. The first-order valence-electron chi connectivity index (χ1n) is 7.19. The van der Waals surface area contributed by atoms with E-state index in [-0.39, 0.29) is 5.82 Å². The number of H-pyrrole nitrogens is 1. The minimum absolute atomic E-state index is 0.327. The van der Waals surface area contributed by atoms with E-state index < -0.39 is 0 Å². The zero-order valence-corrected chi connectivity index (χ0v) is 12.3. The van der Waals surface area contributed by atoms with Gasteiger partial charge in [0.05, 0.1) is 0 Å². The molecule has 3 aromatic rings. The molecule has 0 bridgehead atoms. The lowest BCUT2D eigenvalue weighted by atomic mass is 9.98. The Morgan fingerprint density at radius 1 is 1.09 bits per heavy atom. The third-order valence-electron chi connectivity index (χ3n) is 3.78. The Bertz CT molecular complexity index is 845. The maximum atomic E-state index is 13.7. The van der Waals surface area contributed by atoms with Gasteiger partial charge in [0.1, 0.15) is 11.5 Å². The third-order valence-corrected chi connectivity index (χ3v) is 3.78. The molecule has 1 aromatic carbocycles. The molecule has 0 amide bonds. The molecule has 0 fully saturated rings. The van der Waals surface area contributed by atoms with Crippen LogP contribution in [0.5, 0.6) is 0 Å². The van der Waals surface area contributed by atoms with E-state index in [1.807, 2.05) is 24.4 Å². The summed E-state index contributed by atoms with van der Waals surface area (Å²) in [5.74, 6) is -0.327. The first kappa shape index (κ1) is 14.3. The van der Waals surface area contributed by atoms with Crippen LogP contribution < -0.4 is 0 Å². The molecule has 2 aromatic heterocycles. The molecular formula is C19H17FN2. The van der Waals surface area contributed by atoms with Gasteiger partial charge in [-0.3, -0.25) is 4.98 Å². The van der Waals surface area contributed by atoms with E-state index in [1.165, 1.54) is 6.07 Å². The number of rotatable bonds is 5. The normalized spacial score (nSPS) is 10.8. The summed E-state index contributed by atoms with van der Waals surface area (Å²) in [5.41, 5.74) is 4.26. The van der Waals surface area contributed by atoms with Crippen LogP contribution >= 0.6 is 0 Å². The monoisotopic (exact) mass is 292 g/mol. The van der Waals surface area contributed by atoms with E-state index in [0.29, 0.717) is 17.7 Å². The first-order chi connectivity index (χ1) is 10.6. The molecule has 0 aliphatic heterocycles. The molecule has 0 aliphatic carbocycles. The number of aromatic amines is 1. The lowest BCUT2D eigenvalue weighted by Crippen LogP contribution is -1.93.